The maximum absolute atomic E-state index is 12.4. The molecule has 0 bridgehead atoms. The van der Waals surface area contributed by atoms with Gasteiger partial charge in [0.25, 0.3) is 0 Å². The van der Waals surface area contributed by atoms with E-state index in [-0.39, 0.29) is 28.1 Å². The van der Waals surface area contributed by atoms with Crippen LogP contribution in [-0.2, 0) is 14.8 Å². The van der Waals surface area contributed by atoms with Crippen molar-refractivity contribution in [2.45, 2.75) is 23.8 Å². The Morgan fingerprint density at radius 2 is 2.24 bits per heavy atom. The van der Waals surface area contributed by atoms with E-state index in [0.717, 1.165) is 18.9 Å². The zero-order valence-corrected chi connectivity index (χ0v) is 13.0. The first kappa shape index (κ1) is 16.2. The van der Waals surface area contributed by atoms with Gasteiger partial charge < -0.3 is 9.84 Å². The van der Waals surface area contributed by atoms with Crippen LogP contribution in [0, 0.1) is 0 Å². The highest BCUT2D eigenvalue weighted by Crippen LogP contribution is 2.24. The summed E-state index contributed by atoms with van der Waals surface area (Å²) in [5, 5.41) is 8.79. The number of benzene rings is 1. The van der Waals surface area contributed by atoms with Crippen LogP contribution in [0.15, 0.2) is 23.1 Å². The number of carboxylic acids is 1. The highest BCUT2D eigenvalue weighted by Gasteiger charge is 2.26. The number of hydrogen-bond acceptors (Lipinski definition) is 4. The Labute approximate surface area is 128 Å². The predicted molar refractivity (Wildman–Crippen MR) is 77.2 cm³/mol. The number of likely N-dealkylation sites (N-methyl/N-ethyl adjacent to an activating group) is 1. The van der Waals surface area contributed by atoms with Crippen LogP contribution in [0.25, 0.3) is 0 Å². The number of nitrogens with zero attached hydrogens (tertiary/aromatic N) is 1. The summed E-state index contributed by atoms with van der Waals surface area (Å²) in [5.41, 5.74) is -0.127. The molecule has 1 aromatic carbocycles. The minimum absolute atomic E-state index is 0.0296. The molecular formula is C13H16ClNO5S. The zero-order valence-electron chi connectivity index (χ0n) is 11.5. The van der Waals surface area contributed by atoms with Crippen LogP contribution < -0.4 is 0 Å². The fourth-order valence-corrected chi connectivity index (χ4v) is 3.74. The maximum Gasteiger partial charge on any atom is 0.337 e. The van der Waals surface area contributed by atoms with Gasteiger partial charge in [-0.1, -0.05) is 11.6 Å². The number of hydrogen-bond donors (Lipinski definition) is 1. The highest BCUT2D eigenvalue weighted by atomic mass is 35.5. The summed E-state index contributed by atoms with van der Waals surface area (Å²) in [6.07, 6.45) is 1.66. The largest absolute Gasteiger partial charge is 0.478 e. The van der Waals surface area contributed by atoms with E-state index >= 15 is 0 Å². The van der Waals surface area contributed by atoms with Crippen LogP contribution in [-0.4, -0.2) is 50.1 Å². The first-order valence-electron chi connectivity index (χ1n) is 6.43. The molecule has 8 heteroatoms. The van der Waals surface area contributed by atoms with Crippen molar-refractivity contribution in [1.29, 1.82) is 0 Å². The lowest BCUT2D eigenvalue weighted by Crippen LogP contribution is -2.34. The van der Waals surface area contributed by atoms with Gasteiger partial charge in [0, 0.05) is 20.2 Å². The second-order valence-electron chi connectivity index (χ2n) is 4.87. The molecule has 0 aromatic heterocycles. The van der Waals surface area contributed by atoms with E-state index < -0.39 is 16.0 Å². The van der Waals surface area contributed by atoms with Crippen LogP contribution in [0.4, 0.5) is 0 Å². The number of rotatable bonds is 5. The monoisotopic (exact) mass is 333 g/mol. The number of halogens is 1. The van der Waals surface area contributed by atoms with E-state index in [9.17, 15) is 13.2 Å². The Balaban J connectivity index is 2.22. The Morgan fingerprint density at radius 3 is 2.76 bits per heavy atom. The minimum Gasteiger partial charge on any atom is -0.478 e. The van der Waals surface area contributed by atoms with E-state index in [1.165, 1.54) is 23.5 Å². The molecule has 0 saturated carbocycles. The lowest BCUT2D eigenvalue weighted by Gasteiger charge is -2.20. The van der Waals surface area contributed by atoms with Gasteiger partial charge in [0.2, 0.25) is 10.0 Å². The number of ether oxygens (including phenoxy) is 1. The summed E-state index contributed by atoms with van der Waals surface area (Å²) in [6, 6.07) is 3.60. The van der Waals surface area contributed by atoms with Gasteiger partial charge in [-0.3, -0.25) is 0 Å². The second kappa shape index (κ2) is 6.31. The lowest BCUT2D eigenvalue weighted by atomic mass is 10.2. The van der Waals surface area contributed by atoms with Gasteiger partial charge >= 0.3 is 5.97 Å². The SMILES string of the molecule is CN(CC1CCCO1)S(=O)(=O)c1ccc(C(=O)O)c(Cl)c1. The molecule has 1 fully saturated rings. The molecule has 1 heterocycles. The molecule has 0 radical (unpaired) electrons. The van der Waals surface area contributed by atoms with Crippen molar-refractivity contribution in [1.82, 2.24) is 4.31 Å². The summed E-state index contributed by atoms with van der Waals surface area (Å²) >= 11 is 5.82. The minimum atomic E-state index is -3.72. The fraction of sp³-hybridized carbons (Fsp3) is 0.462. The molecule has 2 rings (SSSR count). The van der Waals surface area contributed by atoms with Gasteiger partial charge in [-0.2, -0.15) is 4.31 Å². The molecule has 21 heavy (non-hydrogen) atoms. The molecule has 1 N–H and O–H groups in total. The molecule has 0 amide bonds. The van der Waals surface area contributed by atoms with Gasteiger partial charge in [-0.15, -0.1) is 0 Å². The Hall–Kier alpha value is -1.15. The van der Waals surface area contributed by atoms with Crippen LogP contribution in [0.5, 0.6) is 0 Å². The summed E-state index contributed by atoms with van der Waals surface area (Å²) in [7, 11) is -2.25. The molecular weight excluding hydrogens is 318 g/mol. The number of aromatic carboxylic acids is 1. The van der Waals surface area contributed by atoms with E-state index in [2.05, 4.69) is 0 Å². The lowest BCUT2D eigenvalue weighted by molar-refractivity contribution is 0.0697. The molecule has 1 aliphatic heterocycles. The first-order valence-corrected chi connectivity index (χ1v) is 8.25. The summed E-state index contributed by atoms with van der Waals surface area (Å²) in [6.45, 7) is 0.915. The number of carbonyl (C=O) groups is 1. The molecule has 6 nitrogen and oxygen atoms in total. The van der Waals surface area contributed by atoms with Crippen molar-refractivity contribution >= 4 is 27.6 Å². The zero-order chi connectivity index (χ0) is 15.6. The maximum atomic E-state index is 12.4. The van der Waals surface area contributed by atoms with E-state index in [1.54, 1.807) is 0 Å². The summed E-state index contributed by atoms with van der Waals surface area (Å²) < 4.78 is 31.5. The Bertz CT molecular complexity index is 640. The van der Waals surface area contributed by atoms with Gasteiger partial charge in [0.1, 0.15) is 0 Å². The van der Waals surface area contributed by atoms with Gasteiger partial charge in [0.05, 0.1) is 21.6 Å². The topological polar surface area (TPSA) is 83.9 Å². The molecule has 1 unspecified atom stereocenters. The fourth-order valence-electron chi connectivity index (χ4n) is 2.18. The van der Waals surface area contributed by atoms with Crippen molar-refractivity contribution < 1.29 is 23.1 Å². The van der Waals surface area contributed by atoms with Crippen molar-refractivity contribution in [3.8, 4) is 0 Å². The van der Waals surface area contributed by atoms with E-state index in [4.69, 9.17) is 21.4 Å². The second-order valence-corrected chi connectivity index (χ2v) is 7.32. The van der Waals surface area contributed by atoms with Gasteiger partial charge in [0.15, 0.2) is 0 Å². The summed E-state index contributed by atoms with van der Waals surface area (Å²) in [4.78, 5) is 10.9. The molecule has 1 saturated heterocycles. The molecule has 0 aliphatic carbocycles. The molecule has 1 aromatic rings. The van der Waals surface area contributed by atoms with E-state index in [0.29, 0.717) is 6.61 Å². The quantitative estimate of drug-likeness (QED) is 0.888. The van der Waals surface area contributed by atoms with Crippen LogP contribution in [0.2, 0.25) is 5.02 Å². The number of sulfonamides is 1. The van der Waals surface area contributed by atoms with E-state index in [1.807, 2.05) is 0 Å². The van der Waals surface area contributed by atoms with Crippen molar-refractivity contribution in [2.75, 3.05) is 20.2 Å². The molecule has 116 valence electrons. The average molecular weight is 334 g/mol. The normalized spacial score (nSPS) is 19.1. The van der Waals surface area contributed by atoms with Crippen molar-refractivity contribution in [3.63, 3.8) is 0 Å². The number of carboxylic acid groups (broad SMARTS) is 1. The molecule has 1 atom stereocenters. The standard InChI is InChI=1S/C13H16ClNO5S/c1-15(8-9-3-2-6-20-9)21(18,19)10-4-5-11(13(16)17)12(14)7-10/h4-5,7,9H,2-3,6,8H2,1H3,(H,16,17). The smallest absolute Gasteiger partial charge is 0.337 e. The van der Waals surface area contributed by atoms with Crippen molar-refractivity contribution in [2.24, 2.45) is 0 Å². The average Bonchev–Trinajstić information content (AvgIpc) is 2.90. The Morgan fingerprint density at radius 1 is 1.52 bits per heavy atom. The van der Waals surface area contributed by atoms with Gasteiger partial charge in [-0.05, 0) is 31.0 Å². The Kier molecular flexibility index (Phi) is 4.88. The molecule has 1 aliphatic rings. The van der Waals surface area contributed by atoms with Crippen molar-refractivity contribution in [3.05, 3.63) is 28.8 Å². The predicted octanol–water partition coefficient (Wildman–Crippen LogP) is 1.84. The summed E-state index contributed by atoms with van der Waals surface area (Å²) in [5.74, 6) is -1.20. The third kappa shape index (κ3) is 3.55. The first-order chi connectivity index (χ1) is 9.82. The van der Waals surface area contributed by atoms with Crippen LogP contribution in [0.3, 0.4) is 0 Å². The van der Waals surface area contributed by atoms with Gasteiger partial charge in [-0.25, -0.2) is 13.2 Å². The van der Waals surface area contributed by atoms with Crippen LogP contribution in [0.1, 0.15) is 23.2 Å². The third-order valence-corrected chi connectivity index (χ3v) is 5.50. The van der Waals surface area contributed by atoms with Crippen LogP contribution >= 0.6 is 11.6 Å². The highest BCUT2D eigenvalue weighted by molar-refractivity contribution is 7.89. The molecule has 0 spiro atoms. The third-order valence-electron chi connectivity index (χ3n) is 3.36.